The monoisotopic (exact) mass is 302 g/mol. The highest BCUT2D eigenvalue weighted by atomic mass is 32.1. The molecular formula is C14H10N2O4S. The second kappa shape index (κ2) is 4.71. The number of nitrogens with zero attached hydrogens (tertiary/aromatic N) is 1. The van der Waals surface area contributed by atoms with Gasteiger partial charge in [0.25, 0.3) is 5.56 Å². The van der Waals surface area contributed by atoms with E-state index in [0.29, 0.717) is 11.3 Å². The molecule has 0 aliphatic carbocycles. The van der Waals surface area contributed by atoms with Crippen LogP contribution in [-0.2, 0) is 0 Å². The van der Waals surface area contributed by atoms with Crippen molar-refractivity contribution in [3.63, 3.8) is 0 Å². The number of carboxylic acid groups (broad SMARTS) is 1. The SMILES string of the molecule is Cc1c(C(=O)O)sc2[nH]c(=O)n(-c3ccccc3)c(=O)c12. The van der Waals surface area contributed by atoms with E-state index < -0.39 is 17.2 Å². The van der Waals surface area contributed by atoms with Gasteiger partial charge in [-0.2, -0.15) is 0 Å². The zero-order valence-electron chi connectivity index (χ0n) is 10.9. The Kier molecular flexibility index (Phi) is 2.99. The highest BCUT2D eigenvalue weighted by molar-refractivity contribution is 7.20. The molecule has 3 aromatic rings. The smallest absolute Gasteiger partial charge is 0.346 e. The van der Waals surface area contributed by atoms with Crippen molar-refractivity contribution in [2.24, 2.45) is 0 Å². The molecule has 106 valence electrons. The summed E-state index contributed by atoms with van der Waals surface area (Å²) in [6.07, 6.45) is 0. The number of aromatic nitrogens is 2. The number of carbonyl (C=O) groups is 1. The predicted molar refractivity (Wildman–Crippen MR) is 79.7 cm³/mol. The van der Waals surface area contributed by atoms with Crippen molar-refractivity contribution in [1.29, 1.82) is 0 Å². The fraction of sp³-hybridized carbons (Fsp3) is 0.0714. The van der Waals surface area contributed by atoms with E-state index in [1.807, 2.05) is 0 Å². The van der Waals surface area contributed by atoms with E-state index in [1.165, 1.54) is 0 Å². The summed E-state index contributed by atoms with van der Waals surface area (Å²) in [5.74, 6) is -1.11. The molecule has 7 heteroatoms. The predicted octanol–water partition coefficient (Wildman–Crippen LogP) is 1.75. The molecule has 0 aliphatic rings. The highest BCUT2D eigenvalue weighted by Crippen LogP contribution is 2.26. The third kappa shape index (κ3) is 1.98. The Labute approximate surface area is 121 Å². The van der Waals surface area contributed by atoms with Gasteiger partial charge >= 0.3 is 11.7 Å². The molecule has 3 rings (SSSR count). The maximum Gasteiger partial charge on any atom is 0.346 e. The molecule has 6 nitrogen and oxygen atoms in total. The molecular weight excluding hydrogens is 292 g/mol. The van der Waals surface area contributed by atoms with Gasteiger partial charge in [0.15, 0.2) is 0 Å². The third-order valence-electron chi connectivity index (χ3n) is 3.20. The Morgan fingerprint density at radius 2 is 1.90 bits per heavy atom. The molecule has 1 aromatic carbocycles. The molecule has 21 heavy (non-hydrogen) atoms. The molecule has 0 amide bonds. The third-order valence-corrected chi connectivity index (χ3v) is 4.39. The number of thiophene rings is 1. The maximum absolute atomic E-state index is 12.6. The number of aromatic carboxylic acids is 1. The molecule has 0 bridgehead atoms. The molecule has 0 saturated carbocycles. The van der Waals surface area contributed by atoms with E-state index >= 15 is 0 Å². The van der Waals surface area contributed by atoms with Crippen molar-refractivity contribution in [3.8, 4) is 5.69 Å². The van der Waals surface area contributed by atoms with Gasteiger partial charge in [0.2, 0.25) is 0 Å². The van der Waals surface area contributed by atoms with E-state index in [1.54, 1.807) is 37.3 Å². The molecule has 0 atom stereocenters. The Bertz CT molecular complexity index is 966. The number of fused-ring (bicyclic) bond motifs is 1. The lowest BCUT2D eigenvalue weighted by atomic mass is 10.2. The molecule has 2 N–H and O–H groups in total. The van der Waals surface area contributed by atoms with Crippen LogP contribution in [0.1, 0.15) is 15.2 Å². The van der Waals surface area contributed by atoms with Gasteiger partial charge in [0, 0.05) is 0 Å². The second-order valence-corrected chi connectivity index (χ2v) is 5.49. The van der Waals surface area contributed by atoms with Crippen LogP contribution in [-0.4, -0.2) is 20.6 Å². The van der Waals surface area contributed by atoms with Crippen molar-refractivity contribution in [2.45, 2.75) is 6.92 Å². The van der Waals surface area contributed by atoms with Gasteiger partial charge in [-0.3, -0.25) is 9.78 Å². The van der Waals surface area contributed by atoms with Crippen molar-refractivity contribution in [1.82, 2.24) is 9.55 Å². The number of aromatic amines is 1. The first-order valence-electron chi connectivity index (χ1n) is 6.08. The molecule has 0 saturated heterocycles. The molecule has 0 spiro atoms. The number of H-pyrrole nitrogens is 1. The molecule has 2 aromatic heterocycles. The van der Waals surface area contributed by atoms with Gasteiger partial charge in [0.1, 0.15) is 9.71 Å². The van der Waals surface area contributed by atoms with Crippen molar-refractivity contribution in [3.05, 3.63) is 61.6 Å². The lowest BCUT2D eigenvalue weighted by Gasteiger charge is -2.04. The van der Waals surface area contributed by atoms with Crippen molar-refractivity contribution < 1.29 is 9.90 Å². The molecule has 0 unspecified atom stereocenters. The Morgan fingerprint density at radius 1 is 1.24 bits per heavy atom. The lowest BCUT2D eigenvalue weighted by molar-refractivity contribution is 0.0701. The standard InChI is InChI=1S/C14H10N2O4S/c1-7-9-11(21-10(7)13(18)19)15-14(20)16(12(9)17)8-5-3-2-4-6-8/h2-6H,1H3,(H,15,20)(H,18,19). The summed E-state index contributed by atoms with van der Waals surface area (Å²) in [4.78, 5) is 38.7. The van der Waals surface area contributed by atoms with E-state index in [0.717, 1.165) is 15.9 Å². The summed E-state index contributed by atoms with van der Waals surface area (Å²) in [5.41, 5.74) is -0.292. The first kappa shape index (κ1) is 13.3. The van der Waals surface area contributed by atoms with Crippen LogP contribution >= 0.6 is 11.3 Å². The number of hydrogen-bond donors (Lipinski definition) is 2. The fourth-order valence-corrected chi connectivity index (χ4v) is 3.26. The van der Waals surface area contributed by atoms with Gasteiger partial charge in [-0.05, 0) is 24.6 Å². The van der Waals surface area contributed by atoms with Crippen LogP contribution in [0, 0.1) is 6.92 Å². The Balaban J connectivity index is 2.45. The number of carboxylic acids is 1. The Hall–Kier alpha value is -2.67. The van der Waals surface area contributed by atoms with Crippen LogP contribution in [0.25, 0.3) is 15.9 Å². The van der Waals surface area contributed by atoms with E-state index in [4.69, 9.17) is 5.11 Å². The van der Waals surface area contributed by atoms with E-state index in [9.17, 15) is 14.4 Å². The average molecular weight is 302 g/mol. The second-order valence-electron chi connectivity index (χ2n) is 4.47. The van der Waals surface area contributed by atoms with Crippen molar-refractivity contribution in [2.75, 3.05) is 0 Å². The average Bonchev–Trinajstić information content (AvgIpc) is 2.77. The molecule has 0 radical (unpaired) electrons. The zero-order valence-corrected chi connectivity index (χ0v) is 11.7. The maximum atomic E-state index is 12.6. The van der Waals surface area contributed by atoms with Gasteiger partial charge in [-0.15, -0.1) is 11.3 Å². The summed E-state index contributed by atoms with van der Waals surface area (Å²) in [7, 11) is 0. The fourth-order valence-electron chi connectivity index (χ4n) is 2.23. The van der Waals surface area contributed by atoms with Crippen LogP contribution in [0.3, 0.4) is 0 Å². The number of aryl methyl sites for hydroxylation is 1. The molecule has 2 heterocycles. The number of benzene rings is 1. The number of hydrogen-bond acceptors (Lipinski definition) is 4. The van der Waals surface area contributed by atoms with Crippen LogP contribution < -0.4 is 11.2 Å². The lowest BCUT2D eigenvalue weighted by Crippen LogP contribution is -2.33. The zero-order chi connectivity index (χ0) is 15.1. The number of para-hydroxylation sites is 1. The highest BCUT2D eigenvalue weighted by Gasteiger charge is 2.20. The molecule has 0 aliphatic heterocycles. The minimum atomic E-state index is -1.11. The van der Waals surface area contributed by atoms with E-state index in [-0.39, 0.29) is 15.1 Å². The minimum Gasteiger partial charge on any atom is -0.477 e. The summed E-state index contributed by atoms with van der Waals surface area (Å²) in [5, 5.41) is 9.36. The number of nitrogens with one attached hydrogen (secondary N) is 1. The minimum absolute atomic E-state index is 0.0589. The number of rotatable bonds is 2. The van der Waals surface area contributed by atoms with Crippen LogP contribution in [0.15, 0.2) is 39.9 Å². The summed E-state index contributed by atoms with van der Waals surface area (Å²) in [6.45, 7) is 1.57. The first-order chi connectivity index (χ1) is 10.0. The van der Waals surface area contributed by atoms with Gasteiger partial charge < -0.3 is 5.11 Å². The summed E-state index contributed by atoms with van der Waals surface area (Å²) in [6, 6.07) is 8.49. The quantitative estimate of drug-likeness (QED) is 0.754. The summed E-state index contributed by atoms with van der Waals surface area (Å²) >= 11 is 0.896. The van der Waals surface area contributed by atoms with E-state index in [2.05, 4.69) is 4.98 Å². The normalized spacial score (nSPS) is 10.9. The van der Waals surface area contributed by atoms with Gasteiger partial charge in [0.05, 0.1) is 11.1 Å². The van der Waals surface area contributed by atoms with Crippen LogP contribution in [0.2, 0.25) is 0 Å². The van der Waals surface area contributed by atoms with Gasteiger partial charge in [-0.25, -0.2) is 14.2 Å². The van der Waals surface area contributed by atoms with Crippen LogP contribution in [0.5, 0.6) is 0 Å². The van der Waals surface area contributed by atoms with Gasteiger partial charge in [-0.1, -0.05) is 18.2 Å². The van der Waals surface area contributed by atoms with Crippen LogP contribution in [0.4, 0.5) is 0 Å². The summed E-state index contributed by atoms with van der Waals surface area (Å²) < 4.78 is 1.01. The molecule has 0 fully saturated rings. The topological polar surface area (TPSA) is 92.2 Å². The Morgan fingerprint density at radius 3 is 2.52 bits per heavy atom. The first-order valence-corrected chi connectivity index (χ1v) is 6.89. The largest absolute Gasteiger partial charge is 0.477 e. The van der Waals surface area contributed by atoms with Crippen molar-refractivity contribution >= 4 is 27.5 Å².